The number of rotatable bonds is 4. The Balaban J connectivity index is 1.37. The average molecular weight is 329 g/mol. The Bertz CT molecular complexity index is 582. The van der Waals surface area contributed by atoms with E-state index in [2.05, 4.69) is 22.8 Å². The average Bonchev–Trinajstić information content (AvgIpc) is 2.62. The molecule has 0 aromatic heterocycles. The fourth-order valence-electron chi connectivity index (χ4n) is 3.63. The molecule has 2 aliphatic rings. The molecule has 1 saturated carbocycles. The zero-order valence-corrected chi connectivity index (χ0v) is 14.2. The highest BCUT2D eigenvalue weighted by atomic mass is 16.2. The molecule has 5 heteroatoms. The zero-order valence-electron chi connectivity index (χ0n) is 14.2. The largest absolute Gasteiger partial charge is 0.338 e. The van der Waals surface area contributed by atoms with Gasteiger partial charge in [0.15, 0.2) is 0 Å². The van der Waals surface area contributed by atoms with Gasteiger partial charge >= 0.3 is 6.03 Å². The van der Waals surface area contributed by atoms with Crippen LogP contribution in [0.25, 0.3) is 0 Å². The van der Waals surface area contributed by atoms with Crippen LogP contribution < -0.4 is 10.6 Å². The van der Waals surface area contributed by atoms with Crippen LogP contribution in [0, 0.1) is 0 Å². The van der Waals surface area contributed by atoms with Gasteiger partial charge in [0.05, 0.1) is 0 Å². The van der Waals surface area contributed by atoms with Crippen molar-refractivity contribution in [3.05, 3.63) is 35.4 Å². The SMILES string of the molecule is O=C(NCCC(=O)N1CCc2ccccc2C1)NC1CCCCC1. The lowest BCUT2D eigenvalue weighted by Gasteiger charge is -2.29. The topological polar surface area (TPSA) is 61.4 Å². The van der Waals surface area contributed by atoms with Crippen LogP contribution in [0.5, 0.6) is 0 Å². The summed E-state index contributed by atoms with van der Waals surface area (Å²) < 4.78 is 0. The van der Waals surface area contributed by atoms with Crippen molar-refractivity contribution in [2.45, 2.75) is 57.5 Å². The minimum Gasteiger partial charge on any atom is -0.338 e. The van der Waals surface area contributed by atoms with Crippen molar-refractivity contribution in [1.82, 2.24) is 15.5 Å². The second kappa shape index (κ2) is 8.18. The predicted octanol–water partition coefficient (Wildman–Crippen LogP) is 2.59. The summed E-state index contributed by atoms with van der Waals surface area (Å²) in [6.07, 6.45) is 7.07. The van der Waals surface area contributed by atoms with E-state index in [-0.39, 0.29) is 11.9 Å². The lowest BCUT2D eigenvalue weighted by atomic mass is 9.96. The summed E-state index contributed by atoms with van der Waals surface area (Å²) in [6.45, 7) is 1.85. The fourth-order valence-corrected chi connectivity index (χ4v) is 3.63. The van der Waals surface area contributed by atoms with Crippen LogP contribution in [-0.4, -0.2) is 36.0 Å². The monoisotopic (exact) mass is 329 g/mol. The third kappa shape index (κ3) is 4.49. The van der Waals surface area contributed by atoms with E-state index in [1.165, 1.54) is 30.4 Å². The number of urea groups is 1. The number of hydrogen-bond acceptors (Lipinski definition) is 2. The fraction of sp³-hybridized carbons (Fsp3) is 0.579. The smallest absolute Gasteiger partial charge is 0.315 e. The van der Waals surface area contributed by atoms with Crippen molar-refractivity contribution in [2.75, 3.05) is 13.1 Å². The molecule has 1 aliphatic heterocycles. The van der Waals surface area contributed by atoms with Crippen LogP contribution in [0.3, 0.4) is 0 Å². The van der Waals surface area contributed by atoms with Crippen molar-refractivity contribution < 1.29 is 9.59 Å². The second-order valence-electron chi connectivity index (χ2n) is 6.82. The first-order valence-electron chi connectivity index (χ1n) is 9.11. The molecule has 0 spiro atoms. The van der Waals surface area contributed by atoms with Crippen LogP contribution in [0.2, 0.25) is 0 Å². The molecule has 0 radical (unpaired) electrons. The number of hydrogen-bond donors (Lipinski definition) is 2. The quantitative estimate of drug-likeness (QED) is 0.892. The first kappa shape index (κ1) is 16.8. The minimum absolute atomic E-state index is 0.113. The van der Waals surface area contributed by atoms with Gasteiger partial charge in [-0.2, -0.15) is 0 Å². The van der Waals surface area contributed by atoms with E-state index in [1.807, 2.05) is 17.0 Å². The lowest BCUT2D eigenvalue weighted by Crippen LogP contribution is -2.44. The van der Waals surface area contributed by atoms with Crippen LogP contribution in [0.1, 0.15) is 49.7 Å². The number of carbonyl (C=O) groups excluding carboxylic acids is 2. The normalized spacial score (nSPS) is 17.9. The van der Waals surface area contributed by atoms with Crippen molar-refractivity contribution in [1.29, 1.82) is 0 Å². The van der Waals surface area contributed by atoms with Gasteiger partial charge in [0, 0.05) is 32.1 Å². The highest BCUT2D eigenvalue weighted by molar-refractivity contribution is 5.78. The minimum atomic E-state index is -0.140. The van der Waals surface area contributed by atoms with E-state index in [0.29, 0.717) is 25.6 Å². The third-order valence-corrected chi connectivity index (χ3v) is 5.05. The van der Waals surface area contributed by atoms with Gasteiger partial charge < -0.3 is 15.5 Å². The van der Waals surface area contributed by atoms with Crippen LogP contribution in [0.4, 0.5) is 4.79 Å². The van der Waals surface area contributed by atoms with E-state index in [9.17, 15) is 9.59 Å². The van der Waals surface area contributed by atoms with Crippen LogP contribution >= 0.6 is 0 Å². The number of carbonyl (C=O) groups is 2. The Morgan fingerprint density at radius 1 is 1.08 bits per heavy atom. The van der Waals surface area contributed by atoms with E-state index in [4.69, 9.17) is 0 Å². The van der Waals surface area contributed by atoms with Crippen molar-refractivity contribution >= 4 is 11.9 Å². The molecular formula is C19H27N3O2. The maximum absolute atomic E-state index is 12.3. The number of nitrogens with one attached hydrogen (secondary N) is 2. The van der Waals surface area contributed by atoms with Crippen LogP contribution in [-0.2, 0) is 17.8 Å². The molecule has 0 atom stereocenters. The summed E-state index contributed by atoms with van der Waals surface area (Å²) in [4.78, 5) is 26.1. The van der Waals surface area contributed by atoms with E-state index in [1.54, 1.807) is 0 Å². The molecule has 0 unspecified atom stereocenters. The van der Waals surface area contributed by atoms with Crippen LogP contribution in [0.15, 0.2) is 24.3 Å². The number of fused-ring (bicyclic) bond motifs is 1. The van der Waals surface area contributed by atoms with Gasteiger partial charge in [0.25, 0.3) is 0 Å². The second-order valence-corrected chi connectivity index (χ2v) is 6.82. The molecule has 130 valence electrons. The Kier molecular flexibility index (Phi) is 5.72. The Hall–Kier alpha value is -2.04. The Morgan fingerprint density at radius 3 is 2.62 bits per heavy atom. The summed E-state index contributed by atoms with van der Waals surface area (Å²) >= 11 is 0. The molecular weight excluding hydrogens is 302 g/mol. The molecule has 1 fully saturated rings. The first-order chi connectivity index (χ1) is 11.7. The highest BCUT2D eigenvalue weighted by Gasteiger charge is 2.20. The maximum atomic E-state index is 12.3. The van der Waals surface area contributed by atoms with E-state index in [0.717, 1.165) is 25.8 Å². The van der Waals surface area contributed by atoms with Crippen molar-refractivity contribution in [2.24, 2.45) is 0 Å². The van der Waals surface area contributed by atoms with Gasteiger partial charge in [-0.1, -0.05) is 43.5 Å². The van der Waals surface area contributed by atoms with Gasteiger partial charge in [0.1, 0.15) is 0 Å². The lowest BCUT2D eigenvalue weighted by molar-refractivity contribution is -0.131. The first-order valence-corrected chi connectivity index (χ1v) is 9.11. The molecule has 3 amide bonds. The standard InChI is InChI=1S/C19H27N3O2/c23-18(22-13-11-15-6-4-5-7-16(15)14-22)10-12-20-19(24)21-17-8-2-1-3-9-17/h4-7,17H,1-3,8-14H2,(H2,20,21,24). The Morgan fingerprint density at radius 2 is 1.83 bits per heavy atom. The molecule has 1 aromatic carbocycles. The summed E-state index contributed by atoms with van der Waals surface area (Å²) in [7, 11) is 0. The number of benzene rings is 1. The van der Waals surface area contributed by atoms with Crippen molar-refractivity contribution in [3.8, 4) is 0 Å². The van der Waals surface area contributed by atoms with Gasteiger partial charge in [-0.3, -0.25) is 4.79 Å². The summed E-state index contributed by atoms with van der Waals surface area (Å²) in [5.41, 5.74) is 2.58. The van der Waals surface area contributed by atoms with Gasteiger partial charge in [-0.15, -0.1) is 0 Å². The molecule has 1 aromatic rings. The molecule has 3 rings (SSSR count). The summed E-state index contributed by atoms with van der Waals surface area (Å²) in [6, 6.07) is 8.44. The molecule has 0 saturated heterocycles. The molecule has 24 heavy (non-hydrogen) atoms. The van der Waals surface area contributed by atoms with Gasteiger partial charge in [-0.05, 0) is 30.4 Å². The molecule has 2 N–H and O–H groups in total. The molecule has 1 heterocycles. The van der Waals surface area contributed by atoms with E-state index >= 15 is 0 Å². The van der Waals surface area contributed by atoms with E-state index < -0.39 is 0 Å². The number of amides is 3. The maximum Gasteiger partial charge on any atom is 0.315 e. The van der Waals surface area contributed by atoms with Gasteiger partial charge in [0.2, 0.25) is 5.91 Å². The third-order valence-electron chi connectivity index (χ3n) is 5.05. The molecule has 0 bridgehead atoms. The van der Waals surface area contributed by atoms with Gasteiger partial charge in [-0.25, -0.2) is 4.79 Å². The summed E-state index contributed by atoms with van der Waals surface area (Å²) in [5.74, 6) is 0.113. The number of nitrogens with zero attached hydrogens (tertiary/aromatic N) is 1. The highest BCUT2D eigenvalue weighted by Crippen LogP contribution is 2.19. The molecule has 5 nitrogen and oxygen atoms in total. The molecule has 1 aliphatic carbocycles. The Labute approximate surface area is 143 Å². The van der Waals surface area contributed by atoms with Crippen molar-refractivity contribution in [3.63, 3.8) is 0 Å². The predicted molar refractivity (Wildman–Crippen MR) is 93.6 cm³/mol. The summed E-state index contributed by atoms with van der Waals surface area (Å²) in [5, 5.41) is 5.83. The zero-order chi connectivity index (χ0) is 16.8.